The Kier molecular flexibility index (Phi) is 4.14. The molecule has 0 spiro atoms. The topological polar surface area (TPSA) is 54.2 Å². The van der Waals surface area contributed by atoms with E-state index in [1.807, 2.05) is 30.3 Å². The first-order valence-electron chi connectivity index (χ1n) is 8.68. The highest BCUT2D eigenvalue weighted by atomic mass is 16.3. The highest BCUT2D eigenvalue weighted by molar-refractivity contribution is 5.17. The predicted molar refractivity (Wildman–Crippen MR) is 88.2 cm³/mol. The van der Waals surface area contributed by atoms with Crippen molar-refractivity contribution in [1.29, 1.82) is 0 Å². The second-order valence-corrected chi connectivity index (χ2v) is 6.75. The summed E-state index contributed by atoms with van der Waals surface area (Å²) < 4.78 is 2.32. The highest BCUT2D eigenvalue weighted by Crippen LogP contribution is 2.29. The number of benzene rings is 1. The molecule has 2 aromatic rings. The number of aliphatic hydroxyl groups is 1. The number of β-amino-alcohol motifs (C(OH)–C–C–N with tert-alkyl or cyclic N) is 1. The van der Waals surface area contributed by atoms with Crippen molar-refractivity contribution in [2.45, 2.75) is 44.2 Å². The van der Waals surface area contributed by atoms with Crippen molar-refractivity contribution in [1.82, 2.24) is 19.7 Å². The van der Waals surface area contributed by atoms with Crippen molar-refractivity contribution in [3.8, 4) is 0 Å². The molecule has 0 bridgehead atoms. The summed E-state index contributed by atoms with van der Waals surface area (Å²) in [6.07, 6.45) is 4.18. The van der Waals surface area contributed by atoms with Gasteiger partial charge in [-0.25, -0.2) is 0 Å². The minimum absolute atomic E-state index is 0.418. The third-order valence-electron chi connectivity index (χ3n) is 5.12. The number of piperidine rings is 1. The molecule has 122 valence electrons. The Morgan fingerprint density at radius 1 is 1.13 bits per heavy atom. The van der Waals surface area contributed by atoms with Crippen LogP contribution in [0.3, 0.4) is 0 Å². The van der Waals surface area contributed by atoms with E-state index >= 15 is 0 Å². The number of rotatable bonds is 4. The Morgan fingerprint density at radius 2 is 2.00 bits per heavy atom. The summed E-state index contributed by atoms with van der Waals surface area (Å²) in [5, 5.41) is 19.3. The lowest BCUT2D eigenvalue weighted by Gasteiger charge is -2.33. The minimum atomic E-state index is -0.418. The maximum Gasteiger partial charge on any atom is 0.137 e. The summed E-state index contributed by atoms with van der Waals surface area (Å²) in [4.78, 5) is 2.38. The van der Waals surface area contributed by atoms with Gasteiger partial charge in [0.2, 0.25) is 0 Å². The molecule has 0 aliphatic carbocycles. The number of nitrogens with zero attached hydrogens (tertiary/aromatic N) is 4. The van der Waals surface area contributed by atoms with E-state index < -0.39 is 6.10 Å². The first-order valence-corrected chi connectivity index (χ1v) is 8.68. The van der Waals surface area contributed by atoms with E-state index in [1.54, 1.807) is 0 Å². The molecule has 3 heterocycles. The number of hydrogen-bond donors (Lipinski definition) is 1. The molecule has 1 N–H and O–H groups in total. The van der Waals surface area contributed by atoms with Crippen LogP contribution < -0.4 is 0 Å². The van der Waals surface area contributed by atoms with Crippen molar-refractivity contribution in [3.05, 3.63) is 47.5 Å². The van der Waals surface area contributed by atoms with Crippen LogP contribution in [0.1, 0.15) is 48.5 Å². The van der Waals surface area contributed by atoms with Crippen LogP contribution in [0.5, 0.6) is 0 Å². The van der Waals surface area contributed by atoms with Gasteiger partial charge in [0.1, 0.15) is 11.6 Å². The monoisotopic (exact) mass is 312 g/mol. The molecule has 1 saturated heterocycles. The fourth-order valence-electron chi connectivity index (χ4n) is 3.93. The quantitative estimate of drug-likeness (QED) is 0.940. The van der Waals surface area contributed by atoms with E-state index in [0.717, 1.165) is 49.7 Å². The van der Waals surface area contributed by atoms with Gasteiger partial charge in [0, 0.05) is 32.0 Å². The van der Waals surface area contributed by atoms with Crippen molar-refractivity contribution in [2.24, 2.45) is 0 Å². The maximum atomic E-state index is 10.5. The van der Waals surface area contributed by atoms with E-state index in [1.165, 1.54) is 12.8 Å². The normalized spacial score (nSPS) is 22.9. The lowest BCUT2D eigenvalue weighted by Crippen LogP contribution is -2.38. The predicted octanol–water partition coefficient (Wildman–Crippen LogP) is 2.14. The zero-order valence-electron chi connectivity index (χ0n) is 13.4. The van der Waals surface area contributed by atoms with E-state index in [9.17, 15) is 5.11 Å². The summed E-state index contributed by atoms with van der Waals surface area (Å²) in [7, 11) is 0. The second kappa shape index (κ2) is 6.42. The van der Waals surface area contributed by atoms with Crippen LogP contribution >= 0.6 is 0 Å². The summed E-state index contributed by atoms with van der Waals surface area (Å²) in [5.74, 6) is 2.77. The number of aliphatic hydroxyl groups excluding tert-OH is 1. The van der Waals surface area contributed by atoms with Crippen molar-refractivity contribution < 1.29 is 5.11 Å². The number of aromatic nitrogens is 3. The Bertz CT molecular complexity index is 654. The van der Waals surface area contributed by atoms with E-state index in [0.29, 0.717) is 12.5 Å². The van der Waals surface area contributed by atoms with Gasteiger partial charge in [0.15, 0.2) is 0 Å². The molecular weight excluding hydrogens is 288 g/mol. The number of fused-ring (bicyclic) bond motifs is 1. The van der Waals surface area contributed by atoms with Crippen molar-refractivity contribution in [2.75, 3.05) is 19.6 Å². The molecule has 2 aliphatic rings. The average molecular weight is 312 g/mol. The molecule has 5 heteroatoms. The van der Waals surface area contributed by atoms with Gasteiger partial charge in [-0.15, -0.1) is 10.2 Å². The van der Waals surface area contributed by atoms with Gasteiger partial charge in [-0.1, -0.05) is 30.3 Å². The molecule has 1 aromatic carbocycles. The van der Waals surface area contributed by atoms with Gasteiger partial charge in [-0.2, -0.15) is 0 Å². The molecule has 1 aromatic heterocycles. The largest absolute Gasteiger partial charge is 0.387 e. The van der Waals surface area contributed by atoms with Crippen LogP contribution in [-0.4, -0.2) is 44.4 Å². The highest BCUT2D eigenvalue weighted by Gasteiger charge is 2.29. The zero-order chi connectivity index (χ0) is 15.6. The van der Waals surface area contributed by atoms with Crippen molar-refractivity contribution in [3.63, 3.8) is 0 Å². The first-order chi connectivity index (χ1) is 11.3. The molecule has 1 fully saturated rings. The lowest BCUT2D eigenvalue weighted by molar-refractivity contribution is 0.0940. The lowest BCUT2D eigenvalue weighted by atomic mass is 9.96. The Balaban J connectivity index is 1.43. The van der Waals surface area contributed by atoms with Gasteiger partial charge < -0.3 is 9.67 Å². The van der Waals surface area contributed by atoms with E-state index in [4.69, 9.17) is 0 Å². The Hall–Kier alpha value is -1.72. The molecule has 4 rings (SSSR count). The van der Waals surface area contributed by atoms with Crippen LogP contribution in [0.25, 0.3) is 0 Å². The smallest absolute Gasteiger partial charge is 0.137 e. The summed E-state index contributed by atoms with van der Waals surface area (Å²) in [5.41, 5.74) is 0.998. The minimum Gasteiger partial charge on any atom is -0.387 e. The van der Waals surface area contributed by atoms with E-state index in [2.05, 4.69) is 19.7 Å². The Morgan fingerprint density at radius 3 is 2.87 bits per heavy atom. The molecule has 23 heavy (non-hydrogen) atoms. The molecule has 5 nitrogen and oxygen atoms in total. The summed E-state index contributed by atoms with van der Waals surface area (Å²) in [6.45, 7) is 3.80. The van der Waals surface area contributed by atoms with E-state index in [-0.39, 0.29) is 0 Å². The zero-order valence-corrected chi connectivity index (χ0v) is 13.4. The SMILES string of the molecule is O[C@H](CN1CCC[C@@H](c2nnc3n2CCC3)C1)c1ccccc1. The Labute approximate surface area is 137 Å². The molecular formula is C18H24N4O. The van der Waals surface area contributed by atoms with Gasteiger partial charge in [0.25, 0.3) is 0 Å². The fraction of sp³-hybridized carbons (Fsp3) is 0.556. The molecule has 2 atom stereocenters. The number of likely N-dealkylation sites (tertiary alicyclic amines) is 1. The van der Waals surface area contributed by atoms with Gasteiger partial charge in [-0.05, 0) is 31.4 Å². The van der Waals surface area contributed by atoms with Gasteiger partial charge >= 0.3 is 0 Å². The van der Waals surface area contributed by atoms with Crippen LogP contribution in [0, 0.1) is 0 Å². The second-order valence-electron chi connectivity index (χ2n) is 6.75. The average Bonchev–Trinajstić information content (AvgIpc) is 3.19. The van der Waals surface area contributed by atoms with Gasteiger partial charge in [0.05, 0.1) is 6.10 Å². The number of hydrogen-bond acceptors (Lipinski definition) is 4. The van der Waals surface area contributed by atoms with Crippen LogP contribution in [-0.2, 0) is 13.0 Å². The maximum absolute atomic E-state index is 10.5. The number of aryl methyl sites for hydroxylation is 1. The molecule has 0 radical (unpaired) electrons. The molecule has 2 aliphatic heterocycles. The third kappa shape index (κ3) is 3.03. The summed E-state index contributed by atoms with van der Waals surface area (Å²) >= 11 is 0. The summed E-state index contributed by atoms with van der Waals surface area (Å²) in [6, 6.07) is 9.95. The van der Waals surface area contributed by atoms with Crippen molar-refractivity contribution >= 4 is 0 Å². The fourth-order valence-corrected chi connectivity index (χ4v) is 3.93. The standard InChI is InChI=1S/C18H24N4O/c23-16(14-6-2-1-3-7-14)13-21-10-4-8-15(12-21)18-20-19-17-9-5-11-22(17)18/h1-3,6-7,15-16,23H,4-5,8-13H2/t15-,16-/m1/s1. The first kappa shape index (κ1) is 14.8. The van der Waals surface area contributed by atoms with Crippen LogP contribution in [0.2, 0.25) is 0 Å². The molecule has 0 unspecified atom stereocenters. The molecule has 0 saturated carbocycles. The third-order valence-corrected chi connectivity index (χ3v) is 5.12. The van der Waals surface area contributed by atoms with Gasteiger partial charge in [-0.3, -0.25) is 4.90 Å². The molecule has 0 amide bonds. The van der Waals surface area contributed by atoms with Crippen LogP contribution in [0.15, 0.2) is 30.3 Å². The van der Waals surface area contributed by atoms with Crippen LogP contribution in [0.4, 0.5) is 0 Å².